The lowest BCUT2D eigenvalue weighted by molar-refractivity contribution is 0.380. The minimum absolute atomic E-state index is 0.114. The Morgan fingerprint density at radius 3 is 2.75 bits per heavy atom. The number of aromatic nitrogens is 4. The van der Waals surface area contributed by atoms with E-state index in [0.717, 1.165) is 0 Å². The fourth-order valence-electron chi connectivity index (χ4n) is 1.79. The number of rotatable bonds is 2. The molecule has 1 aromatic carbocycles. The van der Waals surface area contributed by atoms with Crippen LogP contribution in [0.3, 0.4) is 0 Å². The van der Waals surface area contributed by atoms with Gasteiger partial charge in [0, 0.05) is 0 Å². The van der Waals surface area contributed by atoms with Crippen molar-refractivity contribution < 1.29 is 9.13 Å². The SMILES string of the molecule is COc1nc2nc(Cl)c(-c3cccc(F)c3)c(Cl)n2n1. The smallest absolute Gasteiger partial charge is 0.337 e. The van der Waals surface area contributed by atoms with Crippen molar-refractivity contribution in [3.8, 4) is 17.1 Å². The van der Waals surface area contributed by atoms with Gasteiger partial charge in [-0.15, -0.1) is 5.10 Å². The van der Waals surface area contributed by atoms with Crippen LogP contribution in [0.5, 0.6) is 6.01 Å². The maximum atomic E-state index is 13.3. The fourth-order valence-corrected chi connectivity index (χ4v) is 2.43. The number of halogens is 3. The molecule has 8 heteroatoms. The molecule has 5 nitrogen and oxygen atoms in total. The van der Waals surface area contributed by atoms with Gasteiger partial charge in [0.05, 0.1) is 12.7 Å². The van der Waals surface area contributed by atoms with Gasteiger partial charge in [-0.2, -0.15) is 14.5 Å². The number of nitrogens with zero attached hydrogens (tertiary/aromatic N) is 4. The monoisotopic (exact) mass is 312 g/mol. The van der Waals surface area contributed by atoms with E-state index in [1.807, 2.05) is 0 Å². The second-order valence-electron chi connectivity index (χ2n) is 3.89. The average molecular weight is 313 g/mol. The summed E-state index contributed by atoms with van der Waals surface area (Å²) < 4.78 is 19.5. The summed E-state index contributed by atoms with van der Waals surface area (Å²) in [4.78, 5) is 8.06. The molecule has 3 aromatic rings. The Morgan fingerprint density at radius 2 is 2.05 bits per heavy atom. The molecule has 0 saturated carbocycles. The predicted octanol–water partition coefficient (Wildman–Crippen LogP) is 3.25. The Balaban J connectivity index is 2.30. The number of benzene rings is 1. The summed E-state index contributed by atoms with van der Waals surface area (Å²) in [5.41, 5.74) is 0.886. The van der Waals surface area contributed by atoms with E-state index in [2.05, 4.69) is 15.1 Å². The molecule has 2 aromatic heterocycles. The molecule has 0 N–H and O–H groups in total. The topological polar surface area (TPSA) is 52.3 Å². The molecule has 2 heterocycles. The third kappa shape index (κ3) is 2.07. The average Bonchev–Trinajstić information content (AvgIpc) is 2.82. The molecule has 0 aliphatic rings. The highest BCUT2D eigenvalue weighted by Gasteiger charge is 2.18. The summed E-state index contributed by atoms with van der Waals surface area (Å²) >= 11 is 12.4. The molecule has 0 saturated heterocycles. The summed E-state index contributed by atoms with van der Waals surface area (Å²) in [7, 11) is 1.43. The van der Waals surface area contributed by atoms with Crippen LogP contribution in [0.2, 0.25) is 10.3 Å². The highest BCUT2D eigenvalue weighted by Crippen LogP contribution is 2.34. The van der Waals surface area contributed by atoms with Gasteiger partial charge in [0.2, 0.25) is 0 Å². The van der Waals surface area contributed by atoms with Crippen molar-refractivity contribution in [2.75, 3.05) is 7.11 Å². The van der Waals surface area contributed by atoms with Gasteiger partial charge in [-0.1, -0.05) is 35.3 Å². The first-order valence-electron chi connectivity index (χ1n) is 5.52. The minimum Gasteiger partial charge on any atom is -0.466 e. The molecule has 0 spiro atoms. The van der Waals surface area contributed by atoms with Crippen LogP contribution in [-0.4, -0.2) is 26.7 Å². The lowest BCUT2D eigenvalue weighted by Gasteiger charge is -2.07. The van der Waals surface area contributed by atoms with Crippen LogP contribution in [0.4, 0.5) is 4.39 Å². The minimum atomic E-state index is -0.397. The van der Waals surface area contributed by atoms with Crippen molar-refractivity contribution in [2.24, 2.45) is 0 Å². The summed E-state index contributed by atoms with van der Waals surface area (Å²) in [6.45, 7) is 0. The predicted molar refractivity (Wildman–Crippen MR) is 72.7 cm³/mol. The third-order valence-corrected chi connectivity index (χ3v) is 3.29. The molecule has 3 rings (SSSR count). The summed E-state index contributed by atoms with van der Waals surface area (Å²) in [5.74, 6) is -0.192. The second kappa shape index (κ2) is 4.88. The molecular weight excluding hydrogens is 306 g/mol. The van der Waals surface area contributed by atoms with Crippen LogP contribution in [0.1, 0.15) is 0 Å². The van der Waals surface area contributed by atoms with Crippen LogP contribution in [-0.2, 0) is 0 Å². The van der Waals surface area contributed by atoms with Crippen LogP contribution in [0.25, 0.3) is 16.9 Å². The number of fused-ring (bicyclic) bond motifs is 1. The molecule has 0 bridgehead atoms. The zero-order chi connectivity index (χ0) is 14.3. The van der Waals surface area contributed by atoms with Gasteiger partial charge in [0.1, 0.15) is 16.1 Å². The Bertz CT molecular complexity index is 805. The van der Waals surface area contributed by atoms with Gasteiger partial charge in [-0.3, -0.25) is 0 Å². The van der Waals surface area contributed by atoms with Crippen molar-refractivity contribution in [1.29, 1.82) is 0 Å². The maximum absolute atomic E-state index is 13.3. The number of methoxy groups -OCH3 is 1. The van der Waals surface area contributed by atoms with Crippen LogP contribution in [0, 0.1) is 5.82 Å². The first-order chi connectivity index (χ1) is 9.60. The molecular formula is C12H7Cl2FN4O. The fraction of sp³-hybridized carbons (Fsp3) is 0.0833. The van der Waals surface area contributed by atoms with Crippen LogP contribution in [0.15, 0.2) is 24.3 Å². The van der Waals surface area contributed by atoms with Crippen LogP contribution < -0.4 is 4.74 Å². The summed E-state index contributed by atoms with van der Waals surface area (Å²) in [6.07, 6.45) is 0. The van der Waals surface area contributed by atoms with Crippen molar-refractivity contribution in [3.05, 3.63) is 40.4 Å². The van der Waals surface area contributed by atoms with Crippen molar-refractivity contribution in [2.45, 2.75) is 0 Å². The lowest BCUT2D eigenvalue weighted by Crippen LogP contribution is -1.97. The Morgan fingerprint density at radius 1 is 1.25 bits per heavy atom. The molecule has 20 heavy (non-hydrogen) atoms. The standard InChI is InChI=1S/C12H7Cl2FN4O/c1-20-12-17-11-16-9(13)8(10(14)19(11)18-12)6-3-2-4-7(15)5-6/h2-5H,1H3. The first-order valence-corrected chi connectivity index (χ1v) is 6.27. The van der Waals surface area contributed by atoms with E-state index in [0.29, 0.717) is 11.1 Å². The van der Waals surface area contributed by atoms with Crippen molar-refractivity contribution >= 4 is 29.0 Å². The van der Waals surface area contributed by atoms with Crippen molar-refractivity contribution in [3.63, 3.8) is 0 Å². The first kappa shape index (κ1) is 13.1. The largest absolute Gasteiger partial charge is 0.466 e. The number of hydrogen-bond donors (Lipinski definition) is 0. The summed E-state index contributed by atoms with van der Waals surface area (Å²) in [5, 5.41) is 4.31. The van der Waals surface area contributed by atoms with Gasteiger partial charge < -0.3 is 4.74 Å². The molecule has 0 unspecified atom stereocenters. The third-order valence-electron chi connectivity index (χ3n) is 2.66. The molecule has 0 aliphatic carbocycles. The van der Waals surface area contributed by atoms with E-state index in [9.17, 15) is 4.39 Å². The van der Waals surface area contributed by atoms with Crippen molar-refractivity contribution in [1.82, 2.24) is 19.6 Å². The van der Waals surface area contributed by atoms with E-state index in [-0.39, 0.29) is 22.1 Å². The van der Waals surface area contributed by atoms with Crippen LogP contribution >= 0.6 is 23.2 Å². The van der Waals surface area contributed by atoms with Gasteiger partial charge in [-0.25, -0.2) is 4.39 Å². The van der Waals surface area contributed by atoms with Gasteiger partial charge in [-0.05, 0) is 17.7 Å². The zero-order valence-electron chi connectivity index (χ0n) is 10.1. The van der Waals surface area contributed by atoms with Gasteiger partial charge >= 0.3 is 6.01 Å². The van der Waals surface area contributed by atoms with E-state index >= 15 is 0 Å². The quantitative estimate of drug-likeness (QED) is 0.682. The summed E-state index contributed by atoms with van der Waals surface area (Å²) in [6, 6.07) is 6.00. The van der Waals surface area contributed by atoms with Gasteiger partial charge in [0.25, 0.3) is 5.78 Å². The number of hydrogen-bond acceptors (Lipinski definition) is 4. The molecule has 0 amide bonds. The van der Waals surface area contributed by atoms with E-state index < -0.39 is 5.82 Å². The Kier molecular flexibility index (Phi) is 3.19. The highest BCUT2D eigenvalue weighted by molar-refractivity contribution is 6.38. The number of ether oxygens (including phenoxy) is 1. The normalized spacial score (nSPS) is 11.0. The Labute approximate surface area is 122 Å². The Hall–Kier alpha value is -1.92. The van der Waals surface area contributed by atoms with E-state index in [1.54, 1.807) is 12.1 Å². The maximum Gasteiger partial charge on any atom is 0.337 e. The molecule has 0 fully saturated rings. The highest BCUT2D eigenvalue weighted by atomic mass is 35.5. The van der Waals surface area contributed by atoms with E-state index in [1.165, 1.54) is 23.8 Å². The molecule has 0 atom stereocenters. The molecule has 0 radical (unpaired) electrons. The van der Waals surface area contributed by atoms with E-state index in [4.69, 9.17) is 27.9 Å². The molecule has 0 aliphatic heterocycles. The van der Waals surface area contributed by atoms with Gasteiger partial charge in [0.15, 0.2) is 0 Å². The lowest BCUT2D eigenvalue weighted by atomic mass is 10.1. The second-order valence-corrected chi connectivity index (χ2v) is 4.61. The molecule has 102 valence electrons. The zero-order valence-corrected chi connectivity index (χ0v) is 11.7.